The summed E-state index contributed by atoms with van der Waals surface area (Å²) in [5.74, 6) is 1.54. The van der Waals surface area contributed by atoms with E-state index in [-0.39, 0.29) is 5.78 Å². The smallest absolute Gasteiger partial charge is 0.172 e. The molecule has 0 amide bonds. The summed E-state index contributed by atoms with van der Waals surface area (Å²) in [5, 5.41) is 0. The van der Waals surface area contributed by atoms with Crippen molar-refractivity contribution in [3.63, 3.8) is 0 Å². The average Bonchev–Trinajstić information content (AvgIpc) is 2.18. The highest BCUT2D eigenvalue weighted by Gasteiger charge is 2.06. The number of Topliss-reactive ketones (excluding diaryl/α,β-unsaturated/α-hetero) is 1. The van der Waals surface area contributed by atoms with Crippen LogP contribution in [0.1, 0.15) is 17.3 Å². The second-order valence-corrected chi connectivity index (χ2v) is 4.18. The lowest BCUT2D eigenvalue weighted by atomic mass is 10.1. The van der Waals surface area contributed by atoms with Crippen molar-refractivity contribution in [1.82, 2.24) is 0 Å². The number of hydrogen-bond acceptors (Lipinski definition) is 4. The minimum absolute atomic E-state index is 0.101. The standard InChI is InChI=1S/C10H14N2OS/c1-2-14-6-10(13)7-3-4-8(11)9(12)5-7/h3-5H,2,6,11-12H2,1H3. The third-order valence-electron chi connectivity index (χ3n) is 1.85. The number of anilines is 2. The number of ketones is 1. The molecular formula is C10H14N2OS. The molecule has 0 fully saturated rings. The predicted molar refractivity (Wildman–Crippen MR) is 62.6 cm³/mol. The molecule has 0 unspecified atom stereocenters. The Morgan fingerprint density at radius 2 is 2.07 bits per heavy atom. The molecule has 3 nitrogen and oxygen atoms in total. The SMILES string of the molecule is CCSCC(=O)c1ccc(N)c(N)c1. The molecule has 0 bridgehead atoms. The Labute approximate surface area is 87.9 Å². The minimum atomic E-state index is 0.101. The molecule has 1 aromatic rings. The van der Waals surface area contributed by atoms with Crippen molar-refractivity contribution in [2.45, 2.75) is 6.92 Å². The first-order valence-electron chi connectivity index (χ1n) is 4.41. The van der Waals surface area contributed by atoms with Crippen LogP contribution in [0.2, 0.25) is 0 Å². The number of benzene rings is 1. The van der Waals surface area contributed by atoms with Gasteiger partial charge in [0.1, 0.15) is 0 Å². The van der Waals surface area contributed by atoms with Crippen LogP contribution in [0.25, 0.3) is 0 Å². The first kappa shape index (κ1) is 10.9. The van der Waals surface area contributed by atoms with Crippen molar-refractivity contribution in [3.8, 4) is 0 Å². The lowest BCUT2D eigenvalue weighted by Gasteiger charge is -2.03. The van der Waals surface area contributed by atoms with Gasteiger partial charge in [-0.3, -0.25) is 4.79 Å². The quantitative estimate of drug-likeness (QED) is 0.587. The van der Waals surface area contributed by atoms with Crippen molar-refractivity contribution in [1.29, 1.82) is 0 Å². The van der Waals surface area contributed by atoms with E-state index in [2.05, 4.69) is 0 Å². The molecule has 0 aliphatic heterocycles. The Morgan fingerprint density at radius 3 is 2.64 bits per heavy atom. The van der Waals surface area contributed by atoms with Crippen molar-refractivity contribution < 1.29 is 4.79 Å². The highest BCUT2D eigenvalue weighted by atomic mass is 32.2. The maximum atomic E-state index is 11.5. The van der Waals surface area contributed by atoms with Crippen molar-refractivity contribution in [2.24, 2.45) is 0 Å². The molecule has 1 aromatic carbocycles. The Hall–Kier alpha value is -1.16. The van der Waals surface area contributed by atoms with Crippen LogP contribution in [0.4, 0.5) is 11.4 Å². The summed E-state index contributed by atoms with van der Waals surface area (Å²) in [5.41, 5.74) is 12.8. The minimum Gasteiger partial charge on any atom is -0.397 e. The molecule has 76 valence electrons. The normalized spacial score (nSPS) is 10.1. The number of nitrogens with two attached hydrogens (primary N) is 2. The van der Waals surface area contributed by atoms with Crippen molar-refractivity contribution in [3.05, 3.63) is 23.8 Å². The largest absolute Gasteiger partial charge is 0.397 e. The molecule has 0 heterocycles. The highest BCUT2D eigenvalue weighted by molar-refractivity contribution is 7.99. The lowest BCUT2D eigenvalue weighted by molar-refractivity contribution is 0.102. The van der Waals surface area contributed by atoms with Crippen LogP contribution in [0.5, 0.6) is 0 Å². The molecule has 4 N–H and O–H groups in total. The van der Waals surface area contributed by atoms with Crippen LogP contribution >= 0.6 is 11.8 Å². The Morgan fingerprint density at radius 1 is 1.36 bits per heavy atom. The van der Waals surface area contributed by atoms with Crippen molar-refractivity contribution >= 4 is 28.9 Å². The summed E-state index contributed by atoms with van der Waals surface area (Å²) < 4.78 is 0. The maximum absolute atomic E-state index is 11.5. The third kappa shape index (κ3) is 2.67. The number of rotatable bonds is 4. The monoisotopic (exact) mass is 210 g/mol. The number of nitrogen functional groups attached to an aromatic ring is 2. The Kier molecular flexibility index (Phi) is 3.83. The summed E-state index contributed by atoms with van der Waals surface area (Å²) >= 11 is 1.60. The molecule has 0 saturated carbocycles. The van der Waals surface area contributed by atoms with E-state index in [0.717, 1.165) is 5.75 Å². The van der Waals surface area contributed by atoms with Gasteiger partial charge < -0.3 is 11.5 Å². The predicted octanol–water partition coefficient (Wildman–Crippen LogP) is 1.79. The average molecular weight is 210 g/mol. The van der Waals surface area contributed by atoms with Gasteiger partial charge in [-0.2, -0.15) is 11.8 Å². The summed E-state index contributed by atoms with van der Waals surface area (Å²) in [6.45, 7) is 2.02. The third-order valence-corrected chi connectivity index (χ3v) is 2.72. The summed E-state index contributed by atoms with van der Waals surface area (Å²) in [6, 6.07) is 5.01. The Bertz CT molecular complexity index is 339. The van der Waals surface area contributed by atoms with E-state index < -0.39 is 0 Å². The summed E-state index contributed by atoms with van der Waals surface area (Å²) in [7, 11) is 0. The second-order valence-electron chi connectivity index (χ2n) is 2.90. The number of hydrogen-bond donors (Lipinski definition) is 2. The molecule has 0 radical (unpaired) electrons. The van der Waals surface area contributed by atoms with Gasteiger partial charge >= 0.3 is 0 Å². The topological polar surface area (TPSA) is 69.1 Å². The van der Waals surface area contributed by atoms with Crippen LogP contribution in [0.15, 0.2) is 18.2 Å². The van der Waals surface area contributed by atoms with Gasteiger partial charge in [-0.05, 0) is 24.0 Å². The molecule has 0 aliphatic carbocycles. The van der Waals surface area contributed by atoms with Crippen molar-refractivity contribution in [2.75, 3.05) is 23.0 Å². The van der Waals surface area contributed by atoms with E-state index in [1.165, 1.54) is 0 Å². The van der Waals surface area contributed by atoms with E-state index in [4.69, 9.17) is 11.5 Å². The van der Waals surface area contributed by atoms with Gasteiger partial charge in [0.15, 0.2) is 5.78 Å². The molecule has 0 spiro atoms. The van der Waals surface area contributed by atoms with Gasteiger partial charge in [-0.1, -0.05) is 6.92 Å². The zero-order chi connectivity index (χ0) is 10.6. The van der Waals surface area contributed by atoms with E-state index in [9.17, 15) is 4.79 Å². The zero-order valence-electron chi connectivity index (χ0n) is 8.12. The maximum Gasteiger partial charge on any atom is 0.172 e. The van der Waals surface area contributed by atoms with E-state index in [1.54, 1.807) is 30.0 Å². The fraction of sp³-hybridized carbons (Fsp3) is 0.300. The molecular weight excluding hydrogens is 196 g/mol. The van der Waals surface area contributed by atoms with E-state index in [1.807, 2.05) is 6.92 Å². The van der Waals surface area contributed by atoms with Gasteiger partial charge in [0.05, 0.1) is 17.1 Å². The molecule has 0 atom stereocenters. The first-order valence-corrected chi connectivity index (χ1v) is 5.56. The molecule has 0 aliphatic rings. The number of carbonyl (C=O) groups excluding carboxylic acids is 1. The van der Waals surface area contributed by atoms with Gasteiger partial charge in [0.2, 0.25) is 0 Å². The molecule has 14 heavy (non-hydrogen) atoms. The summed E-state index contributed by atoms with van der Waals surface area (Å²) in [6.07, 6.45) is 0. The molecule has 0 aromatic heterocycles. The molecule has 4 heteroatoms. The number of carbonyl (C=O) groups is 1. The fourth-order valence-electron chi connectivity index (χ4n) is 1.03. The summed E-state index contributed by atoms with van der Waals surface area (Å²) in [4.78, 5) is 11.5. The lowest BCUT2D eigenvalue weighted by Crippen LogP contribution is -2.04. The number of thioether (sulfide) groups is 1. The molecule has 0 saturated heterocycles. The van der Waals surface area contributed by atoms with Gasteiger partial charge in [0.25, 0.3) is 0 Å². The molecule has 1 rings (SSSR count). The van der Waals surface area contributed by atoms with Gasteiger partial charge in [-0.25, -0.2) is 0 Å². The van der Waals surface area contributed by atoms with Crippen LogP contribution in [0.3, 0.4) is 0 Å². The first-order chi connectivity index (χ1) is 6.65. The van der Waals surface area contributed by atoms with Gasteiger partial charge in [-0.15, -0.1) is 0 Å². The van der Waals surface area contributed by atoms with E-state index >= 15 is 0 Å². The van der Waals surface area contributed by atoms with Crippen LogP contribution in [-0.4, -0.2) is 17.3 Å². The second kappa shape index (κ2) is 4.91. The van der Waals surface area contributed by atoms with Crippen LogP contribution < -0.4 is 11.5 Å². The highest BCUT2D eigenvalue weighted by Crippen LogP contribution is 2.17. The Balaban J connectivity index is 2.76. The van der Waals surface area contributed by atoms with Gasteiger partial charge in [0, 0.05) is 5.56 Å². The zero-order valence-corrected chi connectivity index (χ0v) is 8.93. The fourth-order valence-corrected chi connectivity index (χ4v) is 1.58. The van der Waals surface area contributed by atoms with Crippen LogP contribution in [0, 0.1) is 0 Å². The van der Waals surface area contributed by atoms with Crippen LogP contribution in [-0.2, 0) is 0 Å². The van der Waals surface area contributed by atoms with E-state index in [0.29, 0.717) is 22.7 Å².